The van der Waals surface area contributed by atoms with E-state index in [0.717, 1.165) is 9.13 Å². The fraction of sp³-hybridized carbons (Fsp3) is 0.303. The topological polar surface area (TPSA) is 149 Å². The van der Waals surface area contributed by atoms with E-state index in [1.165, 1.54) is 13.3 Å². The van der Waals surface area contributed by atoms with Crippen molar-refractivity contribution in [3.63, 3.8) is 0 Å². The van der Waals surface area contributed by atoms with Gasteiger partial charge in [0.1, 0.15) is 13.2 Å². The summed E-state index contributed by atoms with van der Waals surface area (Å²) in [5.74, 6) is 1.22. The van der Waals surface area contributed by atoms with Gasteiger partial charge in [-0.2, -0.15) is 5.10 Å². The summed E-state index contributed by atoms with van der Waals surface area (Å²) in [6, 6.07) is 12.6. The first-order valence-electron chi connectivity index (χ1n) is 14.8. The first kappa shape index (κ1) is 36.9. The number of allylic oxidation sites excluding steroid dienone is 1. The lowest BCUT2D eigenvalue weighted by molar-refractivity contribution is -0.136. The number of nitrogens with zero attached hydrogens (tertiary/aromatic N) is 1. The summed E-state index contributed by atoms with van der Waals surface area (Å²) < 4.78 is 29.2. The van der Waals surface area contributed by atoms with Crippen molar-refractivity contribution >= 4 is 64.0 Å². The van der Waals surface area contributed by atoms with Gasteiger partial charge in [0.2, 0.25) is 0 Å². The molecule has 0 saturated carbocycles. The predicted octanol–water partition coefficient (Wildman–Crippen LogP) is 6.10. The third-order valence-electron chi connectivity index (χ3n) is 6.83. The van der Waals surface area contributed by atoms with E-state index in [1.54, 1.807) is 43.3 Å². The van der Waals surface area contributed by atoms with E-state index in [1.807, 2.05) is 26.0 Å². The number of carbonyl (C=O) groups excluding carboxylic acids is 2. The maximum Gasteiger partial charge on any atom is 0.337 e. The number of esters is 1. The summed E-state index contributed by atoms with van der Waals surface area (Å²) in [6.07, 6.45) is 0.364. The lowest BCUT2D eigenvalue weighted by atomic mass is 9.95. The molecule has 0 spiro atoms. The summed E-state index contributed by atoms with van der Waals surface area (Å²) in [4.78, 5) is 24.7. The maximum absolute atomic E-state index is 12.5. The molecule has 0 fully saturated rings. The van der Waals surface area contributed by atoms with E-state index in [-0.39, 0.29) is 18.8 Å². The van der Waals surface area contributed by atoms with E-state index >= 15 is 0 Å². The van der Waals surface area contributed by atoms with Crippen molar-refractivity contribution in [1.29, 1.82) is 0 Å². The minimum atomic E-state index is -1.17. The minimum absolute atomic E-state index is 0.172. The molecule has 4 N–H and O–H groups in total. The number of methoxy groups -OCH3 is 1. The molecule has 0 unspecified atom stereocenters. The summed E-state index contributed by atoms with van der Waals surface area (Å²) in [7, 11) is 1.27. The number of aliphatic hydroxyl groups excluding tert-OH is 1. The monoisotopic (exact) mass is 812 g/mol. The fourth-order valence-electron chi connectivity index (χ4n) is 4.67. The van der Waals surface area contributed by atoms with Crippen molar-refractivity contribution in [2.45, 2.75) is 39.6 Å². The first-order valence-corrected chi connectivity index (χ1v) is 16.6. The lowest BCUT2D eigenvalue weighted by Crippen LogP contribution is -2.45. The summed E-state index contributed by atoms with van der Waals surface area (Å²) in [6.45, 7) is 6.10. The van der Waals surface area contributed by atoms with E-state index < -0.39 is 24.3 Å². The third kappa shape index (κ3) is 9.58. The van der Waals surface area contributed by atoms with Gasteiger partial charge in [-0.1, -0.05) is 35.3 Å². The van der Waals surface area contributed by atoms with E-state index in [0.29, 0.717) is 63.1 Å². The molecule has 0 radical (unpaired) electrons. The average Bonchev–Trinajstić information content (AvgIpc) is 3.04. The molecule has 3 aromatic carbocycles. The molecule has 2 atom stereocenters. The van der Waals surface area contributed by atoms with Gasteiger partial charge in [0.25, 0.3) is 0 Å². The van der Waals surface area contributed by atoms with Gasteiger partial charge < -0.3 is 39.4 Å². The van der Waals surface area contributed by atoms with Crippen LogP contribution in [0.4, 0.5) is 4.79 Å². The standard InChI is InChI=1S/C33H35Cl2IN4O8/c1-5-45-26-13-20(30-29(32(42)44-4)18(3)38-33(43)39-30)8-10-25(26)47-17-28(41)40-37-15-19-11-24(36)31(27(12-19)46-6-2)48-16-21-7-9-22(34)14-23(21)35/h7-15,28,30,40-41H,5-6,16-17H2,1-4H3,(H2,38,39,43)/b37-15+/t28-,30-/m1/s1. The predicted molar refractivity (Wildman–Crippen MR) is 190 cm³/mol. The number of carbonyl (C=O) groups is 2. The van der Waals surface area contributed by atoms with E-state index in [9.17, 15) is 14.7 Å². The number of rotatable bonds is 15. The van der Waals surface area contributed by atoms with Crippen molar-refractivity contribution in [3.8, 4) is 23.0 Å². The van der Waals surface area contributed by atoms with Crippen molar-refractivity contribution in [3.05, 3.63) is 90.1 Å². The molecule has 12 nitrogen and oxygen atoms in total. The number of hydrogen-bond acceptors (Lipinski definition) is 10. The molecule has 1 aliphatic rings. The maximum atomic E-state index is 12.5. The second-order valence-electron chi connectivity index (χ2n) is 10.2. The SMILES string of the molecule is CCOc1cc([C@H]2NC(=O)NC(C)=C2C(=O)OC)ccc1OC[C@@H](O)N/N=C/c1cc(I)c(OCc2ccc(Cl)cc2Cl)c(OCC)c1. The van der Waals surface area contributed by atoms with Crippen LogP contribution in [-0.4, -0.2) is 56.5 Å². The molecule has 3 aromatic rings. The zero-order valence-corrected chi connectivity index (χ0v) is 30.2. The Bertz CT molecular complexity index is 1700. The molecule has 256 valence electrons. The van der Waals surface area contributed by atoms with Gasteiger partial charge in [0.15, 0.2) is 29.2 Å². The van der Waals surface area contributed by atoms with Crippen molar-refractivity contribution in [1.82, 2.24) is 16.1 Å². The summed E-state index contributed by atoms with van der Waals surface area (Å²) >= 11 is 14.5. The molecule has 0 saturated heterocycles. The van der Waals surface area contributed by atoms with Crippen LogP contribution in [0.15, 0.2) is 64.9 Å². The number of amides is 2. The lowest BCUT2D eigenvalue weighted by Gasteiger charge is -2.28. The Kier molecular flexibility index (Phi) is 13.4. The van der Waals surface area contributed by atoms with E-state index in [4.69, 9.17) is 46.9 Å². The Labute approximate surface area is 301 Å². The van der Waals surface area contributed by atoms with Crippen LogP contribution in [0.2, 0.25) is 10.0 Å². The van der Waals surface area contributed by atoms with Gasteiger partial charge in [-0.25, -0.2) is 9.59 Å². The average molecular weight is 813 g/mol. The van der Waals surface area contributed by atoms with Gasteiger partial charge in [-0.15, -0.1) is 0 Å². The Balaban J connectivity index is 1.40. The van der Waals surface area contributed by atoms with Crippen LogP contribution < -0.4 is 35.0 Å². The second kappa shape index (κ2) is 17.5. The highest BCUT2D eigenvalue weighted by Gasteiger charge is 2.32. The molecule has 0 bridgehead atoms. The number of urea groups is 1. The number of halogens is 3. The largest absolute Gasteiger partial charge is 0.490 e. The number of hydrazone groups is 1. The van der Waals surface area contributed by atoms with Crippen LogP contribution in [-0.2, 0) is 16.1 Å². The molecule has 15 heteroatoms. The van der Waals surface area contributed by atoms with Gasteiger partial charge in [-0.3, -0.25) is 5.43 Å². The zero-order valence-electron chi connectivity index (χ0n) is 26.6. The molecule has 0 aromatic heterocycles. The van der Waals surface area contributed by atoms with Crippen molar-refractivity contribution < 1.29 is 38.4 Å². The highest BCUT2D eigenvalue weighted by Crippen LogP contribution is 2.36. The third-order valence-corrected chi connectivity index (χ3v) is 8.22. The quantitative estimate of drug-likeness (QED) is 0.0470. The number of hydrogen-bond donors (Lipinski definition) is 4. The van der Waals surface area contributed by atoms with Gasteiger partial charge >= 0.3 is 12.0 Å². The van der Waals surface area contributed by atoms with Crippen LogP contribution in [0.25, 0.3) is 0 Å². The van der Waals surface area contributed by atoms with E-state index in [2.05, 4.69) is 43.8 Å². The summed E-state index contributed by atoms with van der Waals surface area (Å²) in [5, 5.41) is 21.1. The van der Waals surface area contributed by atoms with Crippen LogP contribution >= 0.6 is 45.8 Å². The smallest absolute Gasteiger partial charge is 0.337 e. The molecule has 0 aliphatic carbocycles. The Morgan fingerprint density at radius 3 is 2.50 bits per heavy atom. The highest BCUT2D eigenvalue weighted by molar-refractivity contribution is 14.1. The molecule has 4 rings (SSSR count). The second-order valence-corrected chi connectivity index (χ2v) is 12.2. The Morgan fingerprint density at radius 2 is 1.79 bits per heavy atom. The number of nitrogens with one attached hydrogen (secondary N) is 3. The number of aliphatic hydroxyl groups is 1. The Hall–Kier alpha value is -3.92. The zero-order chi connectivity index (χ0) is 34.8. The van der Waals surface area contributed by atoms with Gasteiger partial charge in [-0.05, 0) is 90.9 Å². The molecule has 48 heavy (non-hydrogen) atoms. The molecule has 2 amide bonds. The molecular formula is C33H35Cl2IN4O8. The van der Waals surface area contributed by atoms with Crippen LogP contribution in [0.3, 0.4) is 0 Å². The minimum Gasteiger partial charge on any atom is -0.490 e. The fourth-order valence-corrected chi connectivity index (χ4v) is 5.92. The van der Waals surface area contributed by atoms with Crippen molar-refractivity contribution in [2.75, 3.05) is 26.9 Å². The number of benzene rings is 3. The number of ether oxygens (including phenoxy) is 5. The van der Waals surface area contributed by atoms with Gasteiger partial charge in [0.05, 0.1) is 41.7 Å². The van der Waals surface area contributed by atoms with Crippen LogP contribution in [0.5, 0.6) is 23.0 Å². The first-order chi connectivity index (χ1) is 23.0. The summed E-state index contributed by atoms with van der Waals surface area (Å²) in [5.41, 5.74) is 5.35. The van der Waals surface area contributed by atoms with Crippen LogP contribution in [0, 0.1) is 3.57 Å². The molecule has 1 heterocycles. The molecule has 1 aliphatic heterocycles. The Morgan fingerprint density at radius 1 is 1.04 bits per heavy atom. The van der Waals surface area contributed by atoms with Crippen molar-refractivity contribution in [2.24, 2.45) is 5.10 Å². The normalized spacial score (nSPS) is 15.0. The highest BCUT2D eigenvalue weighted by atomic mass is 127. The molecular weight excluding hydrogens is 778 g/mol. The van der Waals surface area contributed by atoms with Gasteiger partial charge in [0, 0.05) is 21.3 Å². The van der Waals surface area contributed by atoms with Crippen LogP contribution in [0.1, 0.15) is 43.5 Å².